The van der Waals surface area contributed by atoms with Crippen molar-refractivity contribution in [3.63, 3.8) is 0 Å². The molecule has 0 aliphatic rings. The van der Waals surface area contributed by atoms with Crippen LogP contribution in [-0.2, 0) is 10.0 Å². The standard InChI is InChI=1S/C19H17FN8O2S/c1-31(29,30)27-17-5-3-2-4-16(17)25-18-15(20)10-22-19(26-18)24-13-6-8-14(9-7-13)28-12-21-11-23-28/h2-12,27H,1H3,(H2,22,24,25,26). The third-order valence-corrected chi connectivity index (χ3v) is 4.62. The fraction of sp³-hybridized carbons (Fsp3) is 0.0526. The summed E-state index contributed by atoms with van der Waals surface area (Å²) in [5.41, 5.74) is 2.11. The van der Waals surface area contributed by atoms with E-state index in [0.29, 0.717) is 11.4 Å². The van der Waals surface area contributed by atoms with E-state index in [-0.39, 0.29) is 17.5 Å². The lowest BCUT2D eigenvalue weighted by atomic mass is 10.2. The van der Waals surface area contributed by atoms with Crippen LogP contribution in [0.2, 0.25) is 0 Å². The quantitative estimate of drug-likeness (QED) is 0.400. The second-order valence-electron chi connectivity index (χ2n) is 6.45. The lowest BCUT2D eigenvalue weighted by Gasteiger charge is -2.13. The average Bonchev–Trinajstić information content (AvgIpc) is 3.26. The number of sulfonamides is 1. The van der Waals surface area contributed by atoms with Crippen molar-refractivity contribution in [3.05, 3.63) is 73.2 Å². The molecule has 12 heteroatoms. The van der Waals surface area contributed by atoms with Crippen molar-refractivity contribution in [2.75, 3.05) is 21.6 Å². The van der Waals surface area contributed by atoms with E-state index in [1.165, 1.54) is 6.33 Å². The monoisotopic (exact) mass is 440 g/mol. The van der Waals surface area contributed by atoms with Gasteiger partial charge in [-0.15, -0.1) is 0 Å². The molecule has 2 aromatic carbocycles. The molecule has 0 saturated heterocycles. The van der Waals surface area contributed by atoms with Gasteiger partial charge in [0.1, 0.15) is 12.7 Å². The molecule has 0 amide bonds. The Labute approximate surface area is 177 Å². The number of rotatable bonds is 7. The van der Waals surface area contributed by atoms with Crippen LogP contribution < -0.4 is 15.4 Å². The summed E-state index contributed by atoms with van der Waals surface area (Å²) in [6, 6.07) is 13.7. The molecular formula is C19H17FN8O2S. The zero-order valence-corrected chi connectivity index (χ0v) is 17.0. The third kappa shape index (κ3) is 5.11. The molecule has 10 nitrogen and oxygen atoms in total. The Morgan fingerprint density at radius 1 is 1.00 bits per heavy atom. The van der Waals surface area contributed by atoms with E-state index in [0.717, 1.165) is 18.1 Å². The second-order valence-corrected chi connectivity index (χ2v) is 8.20. The first kappa shape index (κ1) is 20.2. The molecule has 0 spiro atoms. The van der Waals surface area contributed by atoms with E-state index in [1.807, 2.05) is 12.1 Å². The van der Waals surface area contributed by atoms with Gasteiger partial charge in [0.25, 0.3) is 0 Å². The van der Waals surface area contributed by atoms with Gasteiger partial charge in [-0.3, -0.25) is 4.72 Å². The lowest BCUT2D eigenvalue weighted by molar-refractivity contribution is 0.607. The number of anilines is 5. The highest BCUT2D eigenvalue weighted by atomic mass is 32.2. The number of hydrogen-bond donors (Lipinski definition) is 3. The Hall–Kier alpha value is -4.06. The highest BCUT2D eigenvalue weighted by Gasteiger charge is 2.12. The van der Waals surface area contributed by atoms with Crippen LogP contribution in [0.1, 0.15) is 0 Å². The van der Waals surface area contributed by atoms with Crippen molar-refractivity contribution in [1.82, 2.24) is 24.7 Å². The van der Waals surface area contributed by atoms with Crippen LogP contribution in [-0.4, -0.2) is 39.4 Å². The van der Waals surface area contributed by atoms with Gasteiger partial charge in [-0.1, -0.05) is 12.1 Å². The minimum atomic E-state index is -3.51. The van der Waals surface area contributed by atoms with Gasteiger partial charge in [0, 0.05) is 5.69 Å². The number of hydrogen-bond acceptors (Lipinski definition) is 8. The average molecular weight is 440 g/mol. The first-order chi connectivity index (χ1) is 14.9. The van der Waals surface area contributed by atoms with E-state index >= 15 is 0 Å². The number of nitrogens with zero attached hydrogens (tertiary/aromatic N) is 5. The molecule has 31 heavy (non-hydrogen) atoms. The van der Waals surface area contributed by atoms with Gasteiger partial charge in [-0.05, 0) is 36.4 Å². The summed E-state index contributed by atoms with van der Waals surface area (Å²) in [6.07, 6.45) is 5.08. The second kappa shape index (κ2) is 8.36. The van der Waals surface area contributed by atoms with Gasteiger partial charge in [-0.2, -0.15) is 10.1 Å². The van der Waals surface area contributed by atoms with Gasteiger partial charge >= 0.3 is 0 Å². The summed E-state index contributed by atoms with van der Waals surface area (Å²) >= 11 is 0. The molecule has 2 aromatic heterocycles. The highest BCUT2D eigenvalue weighted by molar-refractivity contribution is 7.92. The summed E-state index contributed by atoms with van der Waals surface area (Å²) in [5, 5.41) is 9.86. The zero-order chi connectivity index (χ0) is 21.8. The molecule has 0 fully saturated rings. The van der Waals surface area contributed by atoms with Crippen molar-refractivity contribution in [2.45, 2.75) is 0 Å². The lowest BCUT2D eigenvalue weighted by Crippen LogP contribution is -2.11. The number of benzene rings is 2. The largest absolute Gasteiger partial charge is 0.336 e. The minimum absolute atomic E-state index is 0.112. The van der Waals surface area contributed by atoms with Crippen LogP contribution in [0.25, 0.3) is 5.69 Å². The number of nitrogens with one attached hydrogen (secondary N) is 3. The summed E-state index contributed by atoms with van der Waals surface area (Å²) in [4.78, 5) is 12.0. The summed E-state index contributed by atoms with van der Waals surface area (Å²) < 4.78 is 41.4. The summed E-state index contributed by atoms with van der Waals surface area (Å²) in [6.45, 7) is 0. The molecular weight excluding hydrogens is 423 g/mol. The molecule has 0 unspecified atom stereocenters. The van der Waals surface area contributed by atoms with E-state index in [9.17, 15) is 12.8 Å². The molecule has 0 bridgehead atoms. The van der Waals surface area contributed by atoms with Gasteiger partial charge in [0.05, 0.1) is 29.5 Å². The van der Waals surface area contributed by atoms with Crippen molar-refractivity contribution in [1.29, 1.82) is 0 Å². The fourth-order valence-electron chi connectivity index (χ4n) is 2.69. The molecule has 158 valence electrons. The molecule has 3 N–H and O–H groups in total. The van der Waals surface area contributed by atoms with Gasteiger partial charge < -0.3 is 10.6 Å². The van der Waals surface area contributed by atoms with Crippen LogP contribution in [0, 0.1) is 5.82 Å². The predicted octanol–water partition coefficient (Wildman–Crippen LogP) is 3.06. The van der Waals surface area contributed by atoms with Crippen LogP contribution in [0.15, 0.2) is 67.4 Å². The van der Waals surface area contributed by atoms with Crippen LogP contribution in [0.4, 0.5) is 33.2 Å². The van der Waals surface area contributed by atoms with E-state index < -0.39 is 15.8 Å². The van der Waals surface area contributed by atoms with Crippen LogP contribution >= 0.6 is 0 Å². The molecule has 0 atom stereocenters. The number of halogens is 1. The van der Waals surface area contributed by atoms with Crippen molar-refractivity contribution < 1.29 is 12.8 Å². The Bertz CT molecular complexity index is 1300. The van der Waals surface area contributed by atoms with E-state index in [4.69, 9.17) is 0 Å². The van der Waals surface area contributed by atoms with E-state index in [2.05, 4.69) is 35.4 Å². The maximum atomic E-state index is 14.3. The van der Waals surface area contributed by atoms with Gasteiger partial charge in [-0.25, -0.2) is 27.5 Å². The molecule has 0 saturated carbocycles. The smallest absolute Gasteiger partial charge is 0.229 e. The Balaban J connectivity index is 1.54. The normalized spacial score (nSPS) is 11.2. The Morgan fingerprint density at radius 3 is 2.42 bits per heavy atom. The highest BCUT2D eigenvalue weighted by Crippen LogP contribution is 2.27. The zero-order valence-electron chi connectivity index (χ0n) is 16.2. The van der Waals surface area contributed by atoms with Gasteiger partial charge in [0.2, 0.25) is 16.0 Å². The molecule has 0 aliphatic carbocycles. The first-order valence-corrected chi connectivity index (χ1v) is 10.8. The third-order valence-electron chi connectivity index (χ3n) is 4.03. The fourth-order valence-corrected chi connectivity index (χ4v) is 3.27. The van der Waals surface area contributed by atoms with Crippen molar-refractivity contribution in [3.8, 4) is 5.69 Å². The SMILES string of the molecule is CS(=O)(=O)Nc1ccccc1Nc1nc(Nc2ccc(-n3cncn3)cc2)ncc1F. The molecule has 4 rings (SSSR count). The Kier molecular flexibility index (Phi) is 5.45. The van der Waals surface area contributed by atoms with Crippen LogP contribution in [0.3, 0.4) is 0 Å². The maximum absolute atomic E-state index is 14.3. The minimum Gasteiger partial charge on any atom is -0.336 e. The predicted molar refractivity (Wildman–Crippen MR) is 115 cm³/mol. The molecule has 4 aromatic rings. The van der Waals surface area contributed by atoms with Crippen LogP contribution in [0.5, 0.6) is 0 Å². The van der Waals surface area contributed by atoms with Gasteiger partial charge in [0.15, 0.2) is 11.6 Å². The maximum Gasteiger partial charge on any atom is 0.229 e. The topological polar surface area (TPSA) is 127 Å². The Morgan fingerprint density at radius 2 is 1.74 bits per heavy atom. The number of aromatic nitrogens is 5. The summed E-state index contributed by atoms with van der Waals surface area (Å²) in [7, 11) is -3.51. The molecule has 0 radical (unpaired) electrons. The molecule has 0 aliphatic heterocycles. The first-order valence-electron chi connectivity index (χ1n) is 8.96. The summed E-state index contributed by atoms with van der Waals surface area (Å²) in [5.74, 6) is -0.647. The van der Waals surface area contributed by atoms with Crippen molar-refractivity contribution in [2.24, 2.45) is 0 Å². The number of para-hydroxylation sites is 2. The van der Waals surface area contributed by atoms with Crippen molar-refractivity contribution >= 4 is 38.9 Å². The van der Waals surface area contributed by atoms with E-state index in [1.54, 1.807) is 47.4 Å². The molecule has 2 heterocycles.